The van der Waals surface area contributed by atoms with Gasteiger partial charge in [-0.3, -0.25) is 4.99 Å². The van der Waals surface area contributed by atoms with E-state index in [9.17, 15) is 13.2 Å². The zero-order valence-corrected chi connectivity index (χ0v) is 15.8. The average molecular weight is 385 g/mol. The molecule has 3 unspecified atom stereocenters. The summed E-state index contributed by atoms with van der Waals surface area (Å²) in [5, 5.41) is 6.26. The molecule has 2 heterocycles. The van der Waals surface area contributed by atoms with Crippen molar-refractivity contribution in [2.24, 2.45) is 4.99 Å². The first kappa shape index (κ1) is 19.8. The van der Waals surface area contributed by atoms with Crippen LogP contribution in [0.3, 0.4) is 0 Å². The van der Waals surface area contributed by atoms with Crippen molar-refractivity contribution in [3.63, 3.8) is 0 Å². The summed E-state index contributed by atoms with van der Waals surface area (Å²) in [7, 11) is 1.60. The van der Waals surface area contributed by atoms with Gasteiger partial charge in [0.15, 0.2) is 5.96 Å². The van der Waals surface area contributed by atoms with Crippen LogP contribution in [0.1, 0.15) is 44.2 Å². The van der Waals surface area contributed by atoms with Gasteiger partial charge in [0.2, 0.25) is 0 Å². The lowest BCUT2D eigenvalue weighted by molar-refractivity contribution is -0.138. The molecule has 2 saturated heterocycles. The molecule has 2 N–H and O–H groups in total. The van der Waals surface area contributed by atoms with Gasteiger partial charge in [0.05, 0.1) is 29.9 Å². The van der Waals surface area contributed by atoms with E-state index >= 15 is 0 Å². The fourth-order valence-electron chi connectivity index (χ4n) is 3.66. The number of alkyl halides is 3. The van der Waals surface area contributed by atoms with Crippen molar-refractivity contribution >= 4 is 5.96 Å². The van der Waals surface area contributed by atoms with Crippen LogP contribution < -0.4 is 15.4 Å². The number of benzene rings is 1. The molecule has 3 rings (SSSR count). The first-order valence-electron chi connectivity index (χ1n) is 9.25. The Labute approximate surface area is 157 Å². The molecule has 3 atom stereocenters. The third-order valence-electron chi connectivity index (χ3n) is 4.86. The Morgan fingerprint density at radius 1 is 1.33 bits per heavy atom. The van der Waals surface area contributed by atoms with Gasteiger partial charge >= 0.3 is 6.18 Å². The van der Waals surface area contributed by atoms with Crippen LogP contribution in [0, 0.1) is 0 Å². The Morgan fingerprint density at radius 2 is 2.11 bits per heavy atom. The lowest BCUT2D eigenvalue weighted by Crippen LogP contribution is -2.47. The van der Waals surface area contributed by atoms with E-state index in [2.05, 4.69) is 15.6 Å². The maximum atomic E-state index is 13.5. The number of nitrogens with one attached hydrogen (secondary N) is 2. The number of guanidine groups is 1. The normalized spacial score (nSPS) is 25.1. The first-order valence-corrected chi connectivity index (χ1v) is 9.25. The van der Waals surface area contributed by atoms with Gasteiger partial charge in [-0.25, -0.2) is 0 Å². The smallest absolute Gasteiger partial charge is 0.416 e. The number of nitrogens with zero attached hydrogens (tertiary/aromatic N) is 1. The molecule has 0 aliphatic carbocycles. The Balaban J connectivity index is 1.66. The minimum absolute atomic E-state index is 0.0121. The Hall–Kier alpha value is -1.96. The Morgan fingerprint density at radius 3 is 2.67 bits per heavy atom. The summed E-state index contributed by atoms with van der Waals surface area (Å²) >= 11 is 0. The van der Waals surface area contributed by atoms with Gasteiger partial charge in [-0.2, -0.15) is 13.2 Å². The van der Waals surface area contributed by atoms with Crippen LogP contribution in [0.2, 0.25) is 0 Å². The van der Waals surface area contributed by atoms with Crippen LogP contribution >= 0.6 is 0 Å². The molecule has 2 fully saturated rings. The zero-order valence-electron chi connectivity index (χ0n) is 15.8. The molecule has 0 saturated carbocycles. The second-order valence-electron chi connectivity index (χ2n) is 7.27. The lowest BCUT2D eigenvalue weighted by Gasteiger charge is -2.23. The second kappa shape index (κ2) is 7.96. The molecule has 0 radical (unpaired) electrons. The third-order valence-corrected chi connectivity index (χ3v) is 4.86. The summed E-state index contributed by atoms with van der Waals surface area (Å²) < 4.78 is 51.6. The number of aliphatic imine (C=N–C) groups is 1. The standard InChI is InChI=1S/C19H26F3N3O2/c1-11(2)26-13-5-4-12(15(8-13)19(20,21)22)10-24-18(23-3)25-16-9-14-6-7-17(16)27-14/h4-5,8,11,14,16-17H,6-7,9-10H2,1-3H3,(H2,23,24,25). The van der Waals surface area contributed by atoms with E-state index in [-0.39, 0.29) is 42.2 Å². The molecule has 0 amide bonds. The predicted octanol–water partition coefficient (Wildman–Crippen LogP) is 3.48. The van der Waals surface area contributed by atoms with E-state index in [0.29, 0.717) is 5.96 Å². The summed E-state index contributed by atoms with van der Waals surface area (Å²) in [6.07, 6.45) is -1.21. The second-order valence-corrected chi connectivity index (χ2v) is 7.27. The van der Waals surface area contributed by atoms with E-state index in [4.69, 9.17) is 9.47 Å². The number of fused-ring (bicyclic) bond motifs is 2. The van der Waals surface area contributed by atoms with Gasteiger partial charge in [-0.1, -0.05) is 6.07 Å². The third kappa shape index (κ3) is 4.86. The molecule has 1 aromatic carbocycles. The van der Waals surface area contributed by atoms with Gasteiger partial charge in [-0.15, -0.1) is 0 Å². The molecule has 2 bridgehead atoms. The topological polar surface area (TPSA) is 54.9 Å². The van der Waals surface area contributed by atoms with Gasteiger partial charge in [0, 0.05) is 13.6 Å². The van der Waals surface area contributed by atoms with Crippen LogP contribution in [0.4, 0.5) is 13.2 Å². The van der Waals surface area contributed by atoms with E-state index in [0.717, 1.165) is 25.3 Å². The summed E-state index contributed by atoms with van der Waals surface area (Å²) in [5.41, 5.74) is -0.558. The highest BCUT2D eigenvalue weighted by molar-refractivity contribution is 5.80. The van der Waals surface area contributed by atoms with Crippen LogP contribution in [0.15, 0.2) is 23.2 Å². The number of hydrogen-bond donors (Lipinski definition) is 2. The minimum Gasteiger partial charge on any atom is -0.491 e. The van der Waals surface area contributed by atoms with Crippen molar-refractivity contribution in [3.05, 3.63) is 29.3 Å². The maximum absolute atomic E-state index is 13.5. The van der Waals surface area contributed by atoms with Crippen molar-refractivity contribution in [3.8, 4) is 5.75 Å². The first-order chi connectivity index (χ1) is 12.8. The molecule has 0 spiro atoms. The fraction of sp³-hybridized carbons (Fsp3) is 0.632. The van der Waals surface area contributed by atoms with Crippen molar-refractivity contribution in [1.29, 1.82) is 0 Å². The molecular formula is C19H26F3N3O2. The van der Waals surface area contributed by atoms with Gasteiger partial charge in [0.1, 0.15) is 5.75 Å². The number of rotatable bonds is 5. The van der Waals surface area contributed by atoms with Crippen LogP contribution in [0.5, 0.6) is 5.75 Å². The van der Waals surface area contributed by atoms with Crippen molar-refractivity contribution < 1.29 is 22.6 Å². The number of halogens is 3. The maximum Gasteiger partial charge on any atom is 0.416 e. The average Bonchev–Trinajstić information content (AvgIpc) is 3.20. The summed E-state index contributed by atoms with van der Waals surface area (Å²) in [4.78, 5) is 4.13. The number of hydrogen-bond acceptors (Lipinski definition) is 3. The molecule has 27 heavy (non-hydrogen) atoms. The SMILES string of the molecule is CN=C(NCc1ccc(OC(C)C)cc1C(F)(F)F)NC1CC2CCC1O2. The minimum atomic E-state index is -4.46. The molecule has 8 heteroatoms. The summed E-state index contributed by atoms with van der Waals surface area (Å²) in [6, 6.07) is 4.21. The van der Waals surface area contributed by atoms with E-state index < -0.39 is 11.7 Å². The Kier molecular flexibility index (Phi) is 5.83. The molecule has 5 nitrogen and oxygen atoms in total. The van der Waals surface area contributed by atoms with E-state index in [1.54, 1.807) is 27.0 Å². The van der Waals surface area contributed by atoms with Crippen molar-refractivity contribution in [1.82, 2.24) is 10.6 Å². The molecule has 1 aromatic rings. The molecular weight excluding hydrogens is 359 g/mol. The van der Waals surface area contributed by atoms with Crippen molar-refractivity contribution in [2.45, 2.75) is 70.2 Å². The van der Waals surface area contributed by atoms with E-state index in [1.165, 1.54) is 6.07 Å². The summed E-state index contributed by atoms with van der Waals surface area (Å²) in [5.74, 6) is 0.689. The van der Waals surface area contributed by atoms with Gasteiger partial charge in [-0.05, 0) is 50.8 Å². The highest BCUT2D eigenvalue weighted by Gasteiger charge is 2.41. The molecule has 0 aromatic heterocycles. The van der Waals surface area contributed by atoms with Crippen LogP contribution in [-0.4, -0.2) is 37.4 Å². The summed E-state index contributed by atoms with van der Waals surface area (Å²) in [6.45, 7) is 3.56. The quantitative estimate of drug-likeness (QED) is 0.602. The molecule has 150 valence electrons. The zero-order chi connectivity index (χ0) is 19.6. The fourth-order valence-corrected chi connectivity index (χ4v) is 3.66. The van der Waals surface area contributed by atoms with Gasteiger partial charge in [0.25, 0.3) is 0 Å². The van der Waals surface area contributed by atoms with E-state index in [1.807, 2.05) is 0 Å². The molecule has 2 aliphatic rings. The Bertz CT molecular complexity index is 691. The van der Waals surface area contributed by atoms with Gasteiger partial charge < -0.3 is 20.1 Å². The van der Waals surface area contributed by atoms with Crippen LogP contribution in [-0.2, 0) is 17.5 Å². The highest BCUT2D eigenvalue weighted by atomic mass is 19.4. The number of ether oxygens (including phenoxy) is 2. The lowest BCUT2D eigenvalue weighted by atomic mass is 9.96. The molecule has 2 aliphatic heterocycles. The van der Waals surface area contributed by atoms with Crippen molar-refractivity contribution in [2.75, 3.05) is 7.05 Å². The highest BCUT2D eigenvalue weighted by Crippen LogP contribution is 2.35. The predicted molar refractivity (Wildman–Crippen MR) is 96.8 cm³/mol. The largest absolute Gasteiger partial charge is 0.491 e. The monoisotopic (exact) mass is 385 g/mol. The van der Waals surface area contributed by atoms with Crippen LogP contribution in [0.25, 0.3) is 0 Å².